The van der Waals surface area contributed by atoms with E-state index in [0.29, 0.717) is 6.61 Å². The van der Waals surface area contributed by atoms with Gasteiger partial charge in [-0.05, 0) is 31.3 Å². The Morgan fingerprint density at radius 2 is 1.88 bits per heavy atom. The maximum absolute atomic E-state index is 5.91. The van der Waals surface area contributed by atoms with Crippen LogP contribution < -0.4 is 4.74 Å². The zero-order chi connectivity index (χ0) is 17.1. The summed E-state index contributed by atoms with van der Waals surface area (Å²) in [4.78, 5) is 9.50. The Morgan fingerprint density at radius 1 is 1.08 bits per heavy atom. The lowest BCUT2D eigenvalue weighted by atomic mass is 10.1. The SMILES string of the molecule is CN1CCN(CCOc2ccc(-c3cn4c(n3)COCC4)cc2)CC1. The van der Waals surface area contributed by atoms with Crippen LogP contribution in [-0.4, -0.2) is 72.3 Å². The van der Waals surface area contributed by atoms with Crippen LogP contribution in [0.5, 0.6) is 5.75 Å². The second-order valence-corrected chi connectivity index (χ2v) is 6.81. The minimum atomic E-state index is 0.605. The third-order valence-corrected chi connectivity index (χ3v) is 4.99. The Labute approximate surface area is 149 Å². The van der Waals surface area contributed by atoms with Crippen molar-refractivity contribution < 1.29 is 9.47 Å². The van der Waals surface area contributed by atoms with Crippen LogP contribution in [0.4, 0.5) is 0 Å². The number of hydrogen-bond acceptors (Lipinski definition) is 5. The summed E-state index contributed by atoms with van der Waals surface area (Å²) < 4.78 is 13.5. The molecule has 0 spiro atoms. The molecule has 0 N–H and O–H groups in total. The van der Waals surface area contributed by atoms with Crippen molar-refractivity contribution in [2.75, 3.05) is 53.0 Å². The number of hydrogen-bond donors (Lipinski definition) is 0. The van der Waals surface area contributed by atoms with Crippen molar-refractivity contribution >= 4 is 0 Å². The molecule has 0 aliphatic carbocycles. The molecule has 1 fully saturated rings. The van der Waals surface area contributed by atoms with Gasteiger partial charge in [-0.15, -0.1) is 0 Å². The molecule has 0 amide bonds. The van der Waals surface area contributed by atoms with Gasteiger partial charge in [0.25, 0.3) is 0 Å². The highest BCUT2D eigenvalue weighted by molar-refractivity contribution is 5.59. The van der Waals surface area contributed by atoms with Crippen molar-refractivity contribution in [1.29, 1.82) is 0 Å². The van der Waals surface area contributed by atoms with Gasteiger partial charge in [0.1, 0.15) is 24.8 Å². The van der Waals surface area contributed by atoms with Gasteiger partial charge < -0.3 is 18.9 Å². The van der Waals surface area contributed by atoms with Gasteiger partial charge in [0.2, 0.25) is 0 Å². The van der Waals surface area contributed by atoms with Crippen molar-refractivity contribution in [3.63, 3.8) is 0 Å². The van der Waals surface area contributed by atoms with Crippen molar-refractivity contribution in [1.82, 2.24) is 19.4 Å². The third kappa shape index (κ3) is 4.03. The Kier molecular flexibility index (Phi) is 5.01. The first kappa shape index (κ1) is 16.6. The smallest absolute Gasteiger partial charge is 0.135 e. The Bertz CT molecular complexity index is 666. The monoisotopic (exact) mass is 342 g/mol. The van der Waals surface area contributed by atoms with Crippen molar-refractivity contribution in [3.05, 3.63) is 36.3 Å². The summed E-state index contributed by atoms with van der Waals surface area (Å²) in [6.07, 6.45) is 2.11. The van der Waals surface area contributed by atoms with Gasteiger partial charge in [-0.1, -0.05) is 0 Å². The zero-order valence-electron chi connectivity index (χ0n) is 14.9. The molecule has 2 aliphatic rings. The number of rotatable bonds is 5. The predicted octanol–water partition coefficient (Wildman–Crippen LogP) is 1.71. The van der Waals surface area contributed by atoms with E-state index in [4.69, 9.17) is 9.47 Å². The highest BCUT2D eigenvalue weighted by Gasteiger charge is 2.14. The maximum Gasteiger partial charge on any atom is 0.135 e. The summed E-state index contributed by atoms with van der Waals surface area (Å²) in [7, 11) is 2.18. The first-order valence-electron chi connectivity index (χ1n) is 9.06. The van der Waals surface area contributed by atoms with Crippen molar-refractivity contribution in [2.45, 2.75) is 13.2 Å². The fourth-order valence-corrected chi connectivity index (χ4v) is 3.31. The molecule has 1 aromatic carbocycles. The average Bonchev–Trinajstić information content (AvgIpc) is 3.08. The Hall–Kier alpha value is -1.89. The van der Waals surface area contributed by atoms with Crippen LogP contribution in [0.3, 0.4) is 0 Å². The number of benzene rings is 1. The van der Waals surface area contributed by atoms with Gasteiger partial charge in [0.15, 0.2) is 0 Å². The van der Waals surface area contributed by atoms with E-state index in [1.54, 1.807) is 0 Å². The van der Waals surface area contributed by atoms with E-state index in [2.05, 4.69) is 44.7 Å². The number of fused-ring (bicyclic) bond motifs is 1. The minimum absolute atomic E-state index is 0.605. The molecular formula is C19H26N4O2. The van der Waals surface area contributed by atoms with Gasteiger partial charge in [-0.3, -0.25) is 4.90 Å². The fraction of sp³-hybridized carbons (Fsp3) is 0.526. The van der Waals surface area contributed by atoms with Gasteiger partial charge in [0, 0.05) is 51.0 Å². The summed E-state index contributed by atoms with van der Waals surface area (Å²) in [5.74, 6) is 1.93. The number of imidazole rings is 1. The lowest BCUT2D eigenvalue weighted by Gasteiger charge is -2.32. The van der Waals surface area contributed by atoms with E-state index in [1.165, 1.54) is 0 Å². The molecule has 0 saturated carbocycles. The van der Waals surface area contributed by atoms with Gasteiger partial charge >= 0.3 is 0 Å². The zero-order valence-corrected chi connectivity index (χ0v) is 14.9. The topological polar surface area (TPSA) is 42.8 Å². The number of aromatic nitrogens is 2. The molecule has 0 radical (unpaired) electrons. The molecule has 2 aromatic rings. The van der Waals surface area contributed by atoms with E-state index in [1.807, 2.05) is 12.1 Å². The molecule has 6 nitrogen and oxygen atoms in total. The molecule has 0 bridgehead atoms. The quantitative estimate of drug-likeness (QED) is 0.827. The number of likely N-dealkylation sites (N-methyl/N-ethyl adjacent to an activating group) is 1. The van der Waals surface area contributed by atoms with Crippen LogP contribution in [0.2, 0.25) is 0 Å². The van der Waals surface area contributed by atoms with E-state index in [-0.39, 0.29) is 0 Å². The summed E-state index contributed by atoms with van der Waals surface area (Å²) in [5, 5.41) is 0. The lowest BCUT2D eigenvalue weighted by molar-refractivity contribution is 0.0816. The molecule has 0 unspecified atom stereocenters. The summed E-state index contributed by atoms with van der Waals surface area (Å²) in [6.45, 7) is 8.54. The molecule has 4 rings (SSSR count). The van der Waals surface area contributed by atoms with Crippen LogP contribution >= 0.6 is 0 Å². The van der Waals surface area contributed by atoms with Gasteiger partial charge in [-0.25, -0.2) is 4.98 Å². The van der Waals surface area contributed by atoms with Gasteiger partial charge in [-0.2, -0.15) is 0 Å². The van der Waals surface area contributed by atoms with Crippen molar-refractivity contribution in [2.24, 2.45) is 0 Å². The predicted molar refractivity (Wildman–Crippen MR) is 96.8 cm³/mol. The Morgan fingerprint density at radius 3 is 2.64 bits per heavy atom. The fourth-order valence-electron chi connectivity index (χ4n) is 3.31. The number of piperazine rings is 1. The largest absolute Gasteiger partial charge is 0.492 e. The van der Waals surface area contributed by atoms with Crippen LogP contribution in [-0.2, 0) is 17.9 Å². The molecular weight excluding hydrogens is 316 g/mol. The van der Waals surface area contributed by atoms with Crippen molar-refractivity contribution in [3.8, 4) is 17.0 Å². The normalized spacial score (nSPS) is 18.9. The number of nitrogens with zero attached hydrogens (tertiary/aromatic N) is 4. The second-order valence-electron chi connectivity index (χ2n) is 6.81. The summed E-state index contributed by atoms with van der Waals surface area (Å²) >= 11 is 0. The van der Waals surface area contributed by atoms with E-state index >= 15 is 0 Å². The molecule has 1 saturated heterocycles. The number of ether oxygens (including phenoxy) is 2. The molecule has 1 aromatic heterocycles. The standard InChI is InChI=1S/C19H26N4O2/c1-21-6-8-22(9-7-21)10-13-25-17-4-2-16(3-5-17)18-14-23-11-12-24-15-19(23)20-18/h2-5,14H,6-13,15H2,1H3. The van der Waals surface area contributed by atoms with Crippen LogP contribution in [0, 0.1) is 0 Å². The average molecular weight is 342 g/mol. The molecule has 25 heavy (non-hydrogen) atoms. The van der Waals surface area contributed by atoms with Gasteiger partial charge in [0.05, 0.1) is 12.3 Å². The summed E-state index contributed by atoms with van der Waals surface area (Å²) in [5.41, 5.74) is 2.12. The summed E-state index contributed by atoms with van der Waals surface area (Å²) in [6, 6.07) is 8.24. The molecule has 0 atom stereocenters. The molecule has 3 heterocycles. The van der Waals surface area contributed by atoms with E-state index in [9.17, 15) is 0 Å². The molecule has 2 aliphatic heterocycles. The van der Waals surface area contributed by atoms with E-state index in [0.717, 1.165) is 75.3 Å². The molecule has 6 heteroatoms. The maximum atomic E-state index is 5.91. The van der Waals surface area contributed by atoms with Crippen LogP contribution in [0.15, 0.2) is 30.5 Å². The second kappa shape index (κ2) is 7.56. The minimum Gasteiger partial charge on any atom is -0.492 e. The van der Waals surface area contributed by atoms with Crippen LogP contribution in [0.1, 0.15) is 5.82 Å². The first-order chi connectivity index (χ1) is 12.3. The highest BCUT2D eigenvalue weighted by atomic mass is 16.5. The highest BCUT2D eigenvalue weighted by Crippen LogP contribution is 2.23. The van der Waals surface area contributed by atoms with E-state index < -0.39 is 0 Å². The third-order valence-electron chi connectivity index (χ3n) is 4.99. The van der Waals surface area contributed by atoms with Crippen LogP contribution in [0.25, 0.3) is 11.3 Å². The Balaban J connectivity index is 1.30. The first-order valence-corrected chi connectivity index (χ1v) is 9.06. The lowest BCUT2D eigenvalue weighted by Crippen LogP contribution is -2.45. The molecule has 134 valence electrons.